The maximum atomic E-state index is 15.5. The highest BCUT2D eigenvalue weighted by Gasteiger charge is 2.70. The maximum absolute atomic E-state index is 15.5. The van der Waals surface area contributed by atoms with Crippen LogP contribution in [-0.4, -0.2) is 67.2 Å². The van der Waals surface area contributed by atoms with Crippen LogP contribution in [0.2, 0.25) is 10.0 Å². The second kappa shape index (κ2) is 14.5. The minimum absolute atomic E-state index is 0.0817. The van der Waals surface area contributed by atoms with Gasteiger partial charge in [0.15, 0.2) is 0 Å². The number of methoxy groups -OCH3 is 1. The van der Waals surface area contributed by atoms with Crippen molar-refractivity contribution >= 4 is 79.8 Å². The second-order valence-corrected chi connectivity index (χ2v) is 16.8. The first-order chi connectivity index (χ1) is 27.5. The molecule has 4 fully saturated rings. The van der Waals surface area contributed by atoms with Crippen molar-refractivity contribution < 1.29 is 33.8 Å². The Labute approximate surface area is 347 Å². The molecule has 57 heavy (non-hydrogen) atoms. The van der Waals surface area contributed by atoms with Gasteiger partial charge in [0.05, 0.1) is 59.9 Å². The molecule has 4 amide bonds. The molecule has 4 aromatic carbocycles. The van der Waals surface area contributed by atoms with E-state index >= 15 is 9.59 Å². The number of benzene rings is 4. The zero-order chi connectivity index (χ0) is 39.7. The van der Waals surface area contributed by atoms with Crippen LogP contribution in [0.25, 0.3) is 0 Å². The van der Waals surface area contributed by atoms with Gasteiger partial charge in [-0.15, -0.1) is 0 Å². The number of nitrogens with one attached hydrogen (secondary N) is 1. The zero-order valence-electron chi connectivity index (χ0n) is 30.7. The van der Waals surface area contributed by atoms with Gasteiger partial charge in [-0.3, -0.25) is 29.5 Å². The molecule has 3 saturated heterocycles. The summed E-state index contributed by atoms with van der Waals surface area (Å²) in [5, 5.41) is 13.3. The fourth-order valence-electron chi connectivity index (χ4n) is 9.83. The van der Waals surface area contributed by atoms with Crippen LogP contribution >= 0.6 is 39.1 Å². The lowest BCUT2D eigenvalue weighted by Crippen LogP contribution is -2.53. The van der Waals surface area contributed by atoms with Crippen LogP contribution in [0.4, 0.5) is 17.1 Å². The Morgan fingerprint density at radius 3 is 2.28 bits per heavy atom. The molecule has 0 bridgehead atoms. The fraction of sp³-hybridized carbons (Fsp3) is 0.302. The SMILES string of the molecule is COc1ccc([C@@]23C(=O)N(Nc4ccc(Cl)cc4Cl)C(=O)[C@@H]2C[C@@H]2C(=CC[C@@H]4C(=O)N(c5ccc(N6CCOCC6)cc5)C(=O)[C@@H]42)[C@@H]3c2cc(Br)ccc2O)cc1. The Morgan fingerprint density at radius 1 is 0.860 bits per heavy atom. The van der Waals surface area contributed by atoms with Crippen LogP contribution in [0.3, 0.4) is 0 Å². The van der Waals surface area contributed by atoms with Gasteiger partial charge in [-0.05, 0) is 97.1 Å². The van der Waals surface area contributed by atoms with Crippen molar-refractivity contribution in [2.45, 2.75) is 24.2 Å². The second-order valence-electron chi connectivity index (χ2n) is 15.0. The molecule has 292 valence electrons. The van der Waals surface area contributed by atoms with E-state index in [4.69, 9.17) is 32.7 Å². The van der Waals surface area contributed by atoms with Crippen molar-refractivity contribution in [3.8, 4) is 11.5 Å². The summed E-state index contributed by atoms with van der Waals surface area (Å²) < 4.78 is 11.6. The molecule has 4 aromatic rings. The third-order valence-corrected chi connectivity index (χ3v) is 13.4. The van der Waals surface area contributed by atoms with Gasteiger partial charge in [-0.25, -0.2) is 0 Å². The van der Waals surface area contributed by atoms with E-state index in [1.807, 2.05) is 18.2 Å². The number of hydrogen-bond acceptors (Lipinski definition) is 9. The van der Waals surface area contributed by atoms with E-state index in [1.54, 1.807) is 73.8 Å². The first-order valence-corrected chi connectivity index (χ1v) is 20.3. The van der Waals surface area contributed by atoms with E-state index < -0.39 is 46.8 Å². The summed E-state index contributed by atoms with van der Waals surface area (Å²) in [5.41, 5.74) is 4.78. The standard InChI is InChI=1S/C43H37BrCl2N4O7/c1-56-28-10-2-23(3-11-28)43-33(40(53)50(42(43)55)47-35-14-5-25(45)21-34(35)46)22-31-29(38(43)32-20-24(44)4-15-36(32)51)12-13-30-37(31)41(54)49(39(30)52)27-8-6-26(7-9-27)48-16-18-57-19-17-48/h2-12,14-15,20-21,30-31,33,37-38,47,51H,13,16-19,22H2,1H3/t30-,31+,33-,37-,38+,43+/m0/s1. The normalized spacial score (nSPS) is 26.9. The van der Waals surface area contributed by atoms with Crippen LogP contribution in [0, 0.1) is 23.7 Å². The number of carbonyl (C=O) groups excluding carboxylic acids is 4. The number of phenols is 1. The minimum Gasteiger partial charge on any atom is -0.508 e. The van der Waals surface area contributed by atoms with Crippen molar-refractivity contribution in [3.05, 3.63) is 122 Å². The highest BCUT2D eigenvalue weighted by atomic mass is 79.9. The van der Waals surface area contributed by atoms with Gasteiger partial charge in [0.25, 0.3) is 11.8 Å². The summed E-state index contributed by atoms with van der Waals surface area (Å²) >= 11 is 16.3. The number of anilines is 3. The van der Waals surface area contributed by atoms with Crippen molar-refractivity contribution in [1.82, 2.24) is 5.01 Å². The minimum atomic E-state index is -1.61. The van der Waals surface area contributed by atoms with Crippen molar-refractivity contribution in [3.63, 3.8) is 0 Å². The van der Waals surface area contributed by atoms with E-state index in [1.165, 1.54) is 11.0 Å². The molecule has 2 aliphatic carbocycles. The predicted octanol–water partition coefficient (Wildman–Crippen LogP) is 7.50. The molecular weight excluding hydrogens is 835 g/mol. The fourth-order valence-corrected chi connectivity index (χ4v) is 10.7. The third kappa shape index (κ3) is 5.94. The molecule has 11 nitrogen and oxygen atoms in total. The quantitative estimate of drug-likeness (QED) is 0.143. The summed E-state index contributed by atoms with van der Waals surface area (Å²) in [6.45, 7) is 2.74. The lowest BCUT2D eigenvalue weighted by molar-refractivity contribution is -0.138. The summed E-state index contributed by atoms with van der Waals surface area (Å²) in [6.07, 6.45) is 2.28. The molecule has 3 aliphatic heterocycles. The Bertz CT molecular complexity index is 2350. The first kappa shape index (κ1) is 37.7. The van der Waals surface area contributed by atoms with E-state index in [0.29, 0.717) is 45.3 Å². The van der Waals surface area contributed by atoms with Gasteiger partial charge in [-0.2, -0.15) is 5.01 Å². The number of nitrogens with zero attached hydrogens (tertiary/aromatic N) is 3. The Kier molecular flexibility index (Phi) is 9.58. The average molecular weight is 873 g/mol. The Balaban J connectivity index is 1.18. The monoisotopic (exact) mass is 870 g/mol. The van der Waals surface area contributed by atoms with Crippen molar-refractivity contribution in [2.24, 2.45) is 23.7 Å². The molecule has 1 saturated carbocycles. The van der Waals surface area contributed by atoms with E-state index in [2.05, 4.69) is 26.3 Å². The molecule has 0 aromatic heterocycles. The number of carbonyl (C=O) groups is 4. The zero-order valence-corrected chi connectivity index (χ0v) is 33.8. The third-order valence-electron chi connectivity index (χ3n) is 12.4. The molecule has 2 N–H and O–H groups in total. The molecule has 0 unspecified atom stereocenters. The molecule has 6 atom stereocenters. The molecule has 0 spiro atoms. The number of rotatable bonds is 7. The maximum Gasteiger partial charge on any atom is 0.260 e. The Morgan fingerprint density at radius 2 is 1.58 bits per heavy atom. The van der Waals surface area contributed by atoms with Gasteiger partial charge < -0.3 is 19.5 Å². The molecular formula is C43H37BrCl2N4O7. The highest BCUT2D eigenvalue weighted by Crippen LogP contribution is 2.65. The van der Waals surface area contributed by atoms with Crippen LogP contribution in [0.15, 0.2) is 101 Å². The summed E-state index contributed by atoms with van der Waals surface area (Å²) in [6, 6.07) is 24.1. The molecule has 9 rings (SSSR count). The van der Waals surface area contributed by atoms with Gasteiger partial charge >= 0.3 is 0 Å². The average Bonchev–Trinajstić information content (AvgIpc) is 3.60. The molecule has 14 heteroatoms. The van der Waals surface area contributed by atoms with Gasteiger partial charge in [-0.1, -0.05) is 62.9 Å². The van der Waals surface area contributed by atoms with Crippen LogP contribution in [0.1, 0.15) is 29.9 Å². The van der Waals surface area contributed by atoms with Gasteiger partial charge in [0, 0.05) is 39.8 Å². The topological polar surface area (TPSA) is 129 Å². The predicted molar refractivity (Wildman–Crippen MR) is 218 cm³/mol. The van der Waals surface area contributed by atoms with Gasteiger partial charge in [0.2, 0.25) is 11.8 Å². The van der Waals surface area contributed by atoms with Crippen LogP contribution in [0.5, 0.6) is 11.5 Å². The number of morpholine rings is 1. The van der Waals surface area contributed by atoms with E-state index in [-0.39, 0.29) is 41.1 Å². The van der Waals surface area contributed by atoms with Crippen LogP contribution < -0.4 is 20.0 Å². The highest BCUT2D eigenvalue weighted by molar-refractivity contribution is 9.10. The van der Waals surface area contributed by atoms with E-state index in [9.17, 15) is 14.7 Å². The summed E-state index contributed by atoms with van der Waals surface area (Å²) in [7, 11) is 1.54. The number of hydrazine groups is 1. The first-order valence-electron chi connectivity index (χ1n) is 18.8. The Hall–Kier alpha value is -4.88. The van der Waals surface area contributed by atoms with Crippen LogP contribution in [-0.2, 0) is 29.3 Å². The summed E-state index contributed by atoms with van der Waals surface area (Å²) in [5.74, 6) is -5.35. The number of phenolic OH excluding ortho intramolecular Hbond substituents is 1. The van der Waals surface area contributed by atoms with Gasteiger partial charge in [0.1, 0.15) is 11.5 Å². The molecule has 3 heterocycles. The van der Waals surface area contributed by atoms with Crippen molar-refractivity contribution in [1.29, 1.82) is 0 Å². The number of imide groups is 2. The molecule has 0 radical (unpaired) electrons. The van der Waals surface area contributed by atoms with Crippen molar-refractivity contribution in [2.75, 3.05) is 48.6 Å². The number of allylic oxidation sites excluding steroid dienone is 2. The summed E-state index contributed by atoms with van der Waals surface area (Å²) in [4.78, 5) is 63.0. The smallest absolute Gasteiger partial charge is 0.260 e. The number of aromatic hydroxyl groups is 1. The largest absolute Gasteiger partial charge is 0.508 e. The lowest BCUT2D eigenvalue weighted by Gasteiger charge is -2.50. The number of hydrogen-bond donors (Lipinski definition) is 2. The molecule has 5 aliphatic rings. The van der Waals surface area contributed by atoms with E-state index in [0.717, 1.165) is 29.4 Å². The number of fused-ring (bicyclic) bond motifs is 4. The number of amides is 4. The number of halogens is 3. The number of ether oxygens (including phenoxy) is 2. The lowest BCUT2D eigenvalue weighted by atomic mass is 9.49.